The number of nitrogens with one attached hydrogen (secondary N) is 1. The van der Waals surface area contributed by atoms with Crippen LogP contribution in [0.25, 0.3) is 0 Å². The van der Waals surface area contributed by atoms with E-state index >= 15 is 0 Å². The van der Waals surface area contributed by atoms with Gasteiger partial charge in [-0.2, -0.15) is 0 Å². The maximum atomic E-state index is 12.6. The maximum absolute atomic E-state index is 12.6. The molecule has 126 valence electrons. The quantitative estimate of drug-likeness (QED) is 0.930. The van der Waals surface area contributed by atoms with Crippen LogP contribution in [-0.4, -0.2) is 33.9 Å². The third-order valence-corrected chi connectivity index (χ3v) is 4.69. The van der Waals surface area contributed by atoms with Crippen LogP contribution in [0.15, 0.2) is 35.4 Å². The van der Waals surface area contributed by atoms with Gasteiger partial charge < -0.3 is 9.88 Å². The third-order valence-electron chi connectivity index (χ3n) is 4.41. The first kappa shape index (κ1) is 16.7. The number of H-pyrrole nitrogens is 1. The Labute approximate surface area is 145 Å². The first-order valence-corrected chi connectivity index (χ1v) is 8.50. The summed E-state index contributed by atoms with van der Waals surface area (Å²) >= 11 is 5.82. The van der Waals surface area contributed by atoms with Crippen LogP contribution < -0.4 is 5.56 Å². The van der Waals surface area contributed by atoms with Gasteiger partial charge in [0, 0.05) is 31.2 Å². The number of likely N-dealkylation sites (tertiary alicyclic amines) is 1. The van der Waals surface area contributed by atoms with Gasteiger partial charge in [-0.05, 0) is 49.8 Å². The Morgan fingerprint density at radius 2 is 2.29 bits per heavy atom. The van der Waals surface area contributed by atoms with E-state index in [0.29, 0.717) is 18.0 Å². The molecular formula is C18H20ClN3O2. The van der Waals surface area contributed by atoms with Crippen LogP contribution in [0.5, 0.6) is 0 Å². The predicted molar refractivity (Wildman–Crippen MR) is 93.4 cm³/mol. The zero-order chi connectivity index (χ0) is 17.1. The maximum Gasteiger partial charge on any atom is 0.266 e. The van der Waals surface area contributed by atoms with Crippen LogP contribution in [0.3, 0.4) is 0 Å². The van der Waals surface area contributed by atoms with Crippen molar-refractivity contribution in [3.8, 4) is 0 Å². The summed E-state index contributed by atoms with van der Waals surface area (Å²) in [4.78, 5) is 32.7. The molecule has 0 spiro atoms. The van der Waals surface area contributed by atoms with Gasteiger partial charge in [-0.25, -0.2) is 0 Å². The van der Waals surface area contributed by atoms with E-state index in [1.54, 1.807) is 0 Å². The summed E-state index contributed by atoms with van der Waals surface area (Å²) in [5.74, 6) is 0.338. The Kier molecular flexibility index (Phi) is 5.00. The summed E-state index contributed by atoms with van der Waals surface area (Å²) in [5.41, 5.74) is 2.26. The van der Waals surface area contributed by atoms with Crippen LogP contribution in [-0.2, 0) is 6.42 Å². The molecular weight excluding hydrogens is 326 g/mol. The highest BCUT2D eigenvalue weighted by atomic mass is 35.5. The number of aromatic amines is 1. The summed E-state index contributed by atoms with van der Waals surface area (Å²) in [5, 5.41) is 0.0418. The standard InChI is InChI=1S/C18H20ClN3O2/c1-12-4-5-13(9-20-12)7-14-3-2-6-22(11-14)18(24)15-8-16(19)17(23)21-10-15/h4-5,8-10,14H,2-3,6-7,11H2,1H3,(H,21,23)/t14-/m1/s1. The largest absolute Gasteiger partial charge is 0.338 e. The lowest BCUT2D eigenvalue weighted by Crippen LogP contribution is -2.40. The molecule has 1 N–H and O–H groups in total. The fourth-order valence-corrected chi connectivity index (χ4v) is 3.30. The van der Waals surface area contributed by atoms with Crippen LogP contribution >= 0.6 is 11.6 Å². The molecule has 0 aliphatic carbocycles. The monoisotopic (exact) mass is 345 g/mol. The molecule has 24 heavy (non-hydrogen) atoms. The van der Waals surface area contributed by atoms with Crippen molar-refractivity contribution in [1.29, 1.82) is 0 Å². The number of halogens is 1. The van der Waals surface area contributed by atoms with Crippen molar-refractivity contribution >= 4 is 17.5 Å². The molecule has 0 radical (unpaired) electrons. The van der Waals surface area contributed by atoms with Gasteiger partial charge in [-0.1, -0.05) is 17.7 Å². The van der Waals surface area contributed by atoms with E-state index in [0.717, 1.165) is 31.5 Å². The Balaban J connectivity index is 1.68. The van der Waals surface area contributed by atoms with Crippen molar-refractivity contribution in [3.05, 3.63) is 62.8 Å². The summed E-state index contributed by atoms with van der Waals surface area (Å²) in [7, 11) is 0. The summed E-state index contributed by atoms with van der Waals surface area (Å²) in [6.45, 7) is 3.42. The fourth-order valence-electron chi connectivity index (χ4n) is 3.13. The van der Waals surface area contributed by atoms with Gasteiger partial charge in [-0.15, -0.1) is 0 Å². The molecule has 0 saturated carbocycles. The van der Waals surface area contributed by atoms with Crippen molar-refractivity contribution in [3.63, 3.8) is 0 Å². The molecule has 0 bridgehead atoms. The van der Waals surface area contributed by atoms with E-state index in [-0.39, 0.29) is 16.5 Å². The molecule has 2 aromatic heterocycles. The van der Waals surface area contributed by atoms with Gasteiger partial charge in [0.05, 0.1) is 5.56 Å². The SMILES string of the molecule is Cc1ccc(C[C@H]2CCCN(C(=O)c3c[nH]c(=O)c(Cl)c3)C2)cn1. The first-order chi connectivity index (χ1) is 11.5. The van der Waals surface area contributed by atoms with Crippen molar-refractivity contribution in [1.82, 2.24) is 14.9 Å². The van der Waals surface area contributed by atoms with Gasteiger partial charge in [0.2, 0.25) is 0 Å². The van der Waals surface area contributed by atoms with Gasteiger partial charge in [0.1, 0.15) is 5.02 Å². The number of amides is 1. The number of hydrogen-bond donors (Lipinski definition) is 1. The van der Waals surface area contributed by atoms with Crippen molar-refractivity contribution in [2.75, 3.05) is 13.1 Å². The van der Waals surface area contributed by atoms with Crippen LogP contribution in [0.4, 0.5) is 0 Å². The number of carbonyl (C=O) groups is 1. The lowest BCUT2D eigenvalue weighted by atomic mass is 9.91. The minimum atomic E-state index is -0.378. The molecule has 2 aromatic rings. The molecule has 1 atom stereocenters. The molecule has 3 heterocycles. The van der Waals surface area contributed by atoms with Gasteiger partial charge in [0.15, 0.2) is 0 Å². The Bertz CT molecular complexity index is 786. The highest BCUT2D eigenvalue weighted by Gasteiger charge is 2.25. The van der Waals surface area contributed by atoms with Gasteiger partial charge >= 0.3 is 0 Å². The first-order valence-electron chi connectivity index (χ1n) is 8.12. The second-order valence-electron chi connectivity index (χ2n) is 6.34. The Hall–Kier alpha value is -2.14. The van der Waals surface area contributed by atoms with Crippen LogP contribution in [0.2, 0.25) is 5.02 Å². The molecule has 1 amide bonds. The molecule has 1 fully saturated rings. The van der Waals surface area contributed by atoms with E-state index in [9.17, 15) is 9.59 Å². The third kappa shape index (κ3) is 3.85. The summed E-state index contributed by atoms with van der Waals surface area (Å²) in [6, 6.07) is 5.56. The van der Waals surface area contributed by atoms with E-state index < -0.39 is 0 Å². The predicted octanol–water partition coefficient (Wildman–Crippen LogP) is 2.83. The number of carbonyl (C=O) groups excluding carboxylic acids is 1. The molecule has 1 aliphatic rings. The summed E-state index contributed by atoms with van der Waals surface area (Å²) in [6.07, 6.45) is 6.35. The zero-order valence-corrected chi connectivity index (χ0v) is 14.3. The molecule has 0 aromatic carbocycles. The topological polar surface area (TPSA) is 66.1 Å². The average Bonchev–Trinajstić information content (AvgIpc) is 2.59. The van der Waals surface area contributed by atoms with Crippen molar-refractivity contribution in [2.24, 2.45) is 5.92 Å². The summed E-state index contributed by atoms with van der Waals surface area (Å²) < 4.78 is 0. The molecule has 1 saturated heterocycles. The van der Waals surface area contributed by atoms with Gasteiger partial charge in [-0.3, -0.25) is 14.6 Å². The van der Waals surface area contributed by atoms with Crippen LogP contribution in [0, 0.1) is 12.8 Å². The number of pyridine rings is 2. The normalized spacial score (nSPS) is 17.8. The second-order valence-corrected chi connectivity index (χ2v) is 6.74. The highest BCUT2D eigenvalue weighted by molar-refractivity contribution is 6.30. The number of nitrogens with zero attached hydrogens (tertiary/aromatic N) is 2. The molecule has 6 heteroatoms. The lowest BCUT2D eigenvalue weighted by Gasteiger charge is -2.33. The highest BCUT2D eigenvalue weighted by Crippen LogP contribution is 2.22. The fraction of sp³-hybridized carbons (Fsp3) is 0.389. The number of rotatable bonds is 3. The van der Waals surface area contributed by atoms with Crippen LogP contribution in [0.1, 0.15) is 34.5 Å². The minimum Gasteiger partial charge on any atom is -0.338 e. The zero-order valence-electron chi connectivity index (χ0n) is 13.6. The number of aryl methyl sites for hydroxylation is 1. The average molecular weight is 346 g/mol. The van der Waals surface area contributed by atoms with Crippen molar-refractivity contribution in [2.45, 2.75) is 26.2 Å². The molecule has 3 rings (SSSR count). The Morgan fingerprint density at radius 1 is 1.46 bits per heavy atom. The molecule has 1 aliphatic heterocycles. The van der Waals surface area contributed by atoms with E-state index in [4.69, 9.17) is 11.6 Å². The van der Waals surface area contributed by atoms with Gasteiger partial charge in [0.25, 0.3) is 11.5 Å². The minimum absolute atomic E-state index is 0.0418. The lowest BCUT2D eigenvalue weighted by molar-refractivity contribution is 0.0673. The smallest absolute Gasteiger partial charge is 0.266 e. The number of aromatic nitrogens is 2. The molecule has 0 unspecified atom stereocenters. The second kappa shape index (κ2) is 7.18. The van der Waals surface area contributed by atoms with Crippen molar-refractivity contribution < 1.29 is 4.79 Å². The Morgan fingerprint density at radius 3 is 3.00 bits per heavy atom. The van der Waals surface area contributed by atoms with E-state index in [1.165, 1.54) is 17.8 Å². The van der Waals surface area contributed by atoms with E-state index in [1.807, 2.05) is 24.1 Å². The molecule has 5 nitrogen and oxygen atoms in total. The number of piperidine rings is 1. The number of hydrogen-bond acceptors (Lipinski definition) is 3. The van der Waals surface area contributed by atoms with E-state index in [2.05, 4.69) is 16.0 Å².